The molecule has 0 aliphatic heterocycles. The highest BCUT2D eigenvalue weighted by Gasteiger charge is 2.13. The van der Waals surface area contributed by atoms with E-state index < -0.39 is 0 Å². The van der Waals surface area contributed by atoms with E-state index in [0.717, 1.165) is 47.5 Å². The lowest BCUT2D eigenvalue weighted by molar-refractivity contribution is 0.0600. The van der Waals surface area contributed by atoms with Crippen LogP contribution in [0.2, 0.25) is 10.0 Å². The van der Waals surface area contributed by atoms with E-state index in [-0.39, 0.29) is 5.97 Å². The van der Waals surface area contributed by atoms with Gasteiger partial charge in [0.25, 0.3) is 0 Å². The maximum absolute atomic E-state index is 11.9. The summed E-state index contributed by atoms with van der Waals surface area (Å²) in [6.45, 7) is 2.80. The second-order valence-electron chi connectivity index (χ2n) is 10.9. The fourth-order valence-electron chi connectivity index (χ4n) is 5.09. The van der Waals surface area contributed by atoms with Gasteiger partial charge in [0.05, 0.1) is 23.4 Å². The van der Waals surface area contributed by atoms with E-state index in [9.17, 15) is 4.79 Å². The van der Waals surface area contributed by atoms with E-state index in [1.807, 2.05) is 36.5 Å². The van der Waals surface area contributed by atoms with Crippen LogP contribution in [0.1, 0.15) is 63.8 Å². The van der Waals surface area contributed by atoms with Crippen molar-refractivity contribution in [2.75, 3.05) is 7.11 Å². The number of ether oxygens (including phenoxy) is 1. The van der Waals surface area contributed by atoms with Crippen LogP contribution in [0.5, 0.6) is 0 Å². The van der Waals surface area contributed by atoms with E-state index >= 15 is 0 Å². The van der Waals surface area contributed by atoms with Gasteiger partial charge in [-0.2, -0.15) is 0 Å². The van der Waals surface area contributed by atoms with Crippen molar-refractivity contribution in [1.82, 2.24) is 9.55 Å². The molecule has 0 atom stereocenters. The van der Waals surface area contributed by atoms with Gasteiger partial charge in [0.2, 0.25) is 0 Å². The molecule has 0 unspecified atom stereocenters. The van der Waals surface area contributed by atoms with Crippen molar-refractivity contribution >= 4 is 41.3 Å². The third kappa shape index (κ3) is 8.28. The number of esters is 1. The molecule has 44 heavy (non-hydrogen) atoms. The SMILES string of the molecule is CCCCc1ccc(CCc2ccc(/C=C/c3nc(-c4ccc(Cl)cc4Cl)cn3Cc3ccc(C(=O)OC)cc3)cc2)cc1. The maximum Gasteiger partial charge on any atom is 0.337 e. The van der Waals surface area contributed by atoms with Crippen molar-refractivity contribution in [2.24, 2.45) is 0 Å². The molecule has 1 aromatic heterocycles. The number of methoxy groups -OCH3 is 1. The molecule has 0 spiro atoms. The van der Waals surface area contributed by atoms with Crippen molar-refractivity contribution in [3.63, 3.8) is 0 Å². The van der Waals surface area contributed by atoms with Gasteiger partial charge < -0.3 is 9.30 Å². The Balaban J connectivity index is 1.31. The summed E-state index contributed by atoms with van der Waals surface area (Å²) < 4.78 is 6.91. The van der Waals surface area contributed by atoms with Gasteiger partial charge in [0.1, 0.15) is 5.82 Å². The molecule has 5 aromatic rings. The topological polar surface area (TPSA) is 44.1 Å². The molecule has 0 aliphatic rings. The monoisotopic (exact) mass is 622 g/mol. The first-order chi connectivity index (χ1) is 21.4. The van der Waals surface area contributed by atoms with Crippen LogP contribution in [-0.4, -0.2) is 22.6 Å². The van der Waals surface area contributed by atoms with Gasteiger partial charge in [-0.05, 0) is 89.9 Å². The second kappa shape index (κ2) is 15.1. The molecular weight excluding hydrogens is 587 g/mol. The summed E-state index contributed by atoms with van der Waals surface area (Å²) in [5, 5.41) is 1.12. The Kier molecular flexibility index (Phi) is 10.7. The molecular formula is C38H36Cl2N2O2. The fraction of sp³-hybridized carbons (Fsp3) is 0.211. The minimum Gasteiger partial charge on any atom is -0.465 e. The molecule has 0 saturated carbocycles. The molecule has 4 nitrogen and oxygen atoms in total. The summed E-state index contributed by atoms with van der Waals surface area (Å²) in [6.07, 6.45) is 11.7. The first kappa shape index (κ1) is 31.3. The Bertz CT molecular complexity index is 1720. The summed E-state index contributed by atoms with van der Waals surface area (Å²) in [7, 11) is 1.38. The van der Waals surface area contributed by atoms with Crippen LogP contribution in [-0.2, 0) is 30.5 Å². The average Bonchev–Trinajstić information content (AvgIpc) is 3.44. The highest BCUT2D eigenvalue weighted by molar-refractivity contribution is 6.36. The molecule has 0 amide bonds. The minimum absolute atomic E-state index is 0.357. The highest BCUT2D eigenvalue weighted by atomic mass is 35.5. The number of carbonyl (C=O) groups is 1. The Morgan fingerprint density at radius 2 is 1.41 bits per heavy atom. The Hall–Kier alpha value is -4.12. The lowest BCUT2D eigenvalue weighted by atomic mass is 10.0. The molecule has 0 saturated heterocycles. The van der Waals surface area contributed by atoms with Crippen LogP contribution >= 0.6 is 23.2 Å². The number of aryl methyl sites for hydroxylation is 3. The number of rotatable bonds is 12. The number of halogens is 2. The minimum atomic E-state index is -0.357. The summed E-state index contributed by atoms with van der Waals surface area (Å²) in [5.74, 6) is 0.430. The normalized spacial score (nSPS) is 11.3. The lowest BCUT2D eigenvalue weighted by Crippen LogP contribution is -2.03. The van der Waals surface area contributed by atoms with E-state index in [1.54, 1.807) is 18.2 Å². The third-order valence-corrected chi connectivity index (χ3v) is 8.24. The highest BCUT2D eigenvalue weighted by Crippen LogP contribution is 2.30. The number of imidazole rings is 1. The molecule has 0 N–H and O–H groups in total. The van der Waals surface area contributed by atoms with E-state index in [2.05, 4.69) is 66.1 Å². The zero-order valence-electron chi connectivity index (χ0n) is 25.1. The first-order valence-electron chi connectivity index (χ1n) is 15.0. The number of unbranched alkanes of at least 4 members (excludes halogenated alkanes) is 1. The van der Waals surface area contributed by atoms with Gasteiger partial charge in [0, 0.05) is 23.3 Å². The summed E-state index contributed by atoms with van der Waals surface area (Å²) in [4.78, 5) is 16.8. The van der Waals surface area contributed by atoms with Crippen molar-refractivity contribution < 1.29 is 9.53 Å². The molecule has 0 radical (unpaired) electrons. The standard InChI is InChI=1S/C38H36Cl2N2O2/c1-3-4-5-27-6-8-28(9-7-27)10-11-29-12-14-30(15-13-29)18-23-37-41-36(34-22-21-33(39)24-35(34)40)26-42(37)25-31-16-19-32(20-17-31)38(43)44-2/h6-9,12-24,26H,3-5,10-11,25H2,1-2H3/b23-18+. The quantitative estimate of drug-likeness (QED) is 0.130. The van der Waals surface area contributed by atoms with E-state index in [4.69, 9.17) is 32.9 Å². The number of nitrogens with zero attached hydrogens (tertiary/aromatic N) is 2. The zero-order valence-corrected chi connectivity index (χ0v) is 26.6. The maximum atomic E-state index is 11.9. The Labute approximate surface area is 270 Å². The number of hydrogen-bond donors (Lipinski definition) is 0. The van der Waals surface area contributed by atoms with Crippen molar-refractivity contribution in [3.8, 4) is 11.3 Å². The van der Waals surface area contributed by atoms with Crippen LogP contribution in [0.4, 0.5) is 0 Å². The molecule has 0 aliphatic carbocycles. The largest absolute Gasteiger partial charge is 0.465 e. The summed E-state index contributed by atoms with van der Waals surface area (Å²) in [6, 6.07) is 30.6. The van der Waals surface area contributed by atoms with Gasteiger partial charge in [-0.15, -0.1) is 0 Å². The number of hydrogen-bond acceptors (Lipinski definition) is 3. The average molecular weight is 624 g/mol. The fourth-order valence-corrected chi connectivity index (χ4v) is 5.59. The smallest absolute Gasteiger partial charge is 0.337 e. The number of aromatic nitrogens is 2. The van der Waals surface area contributed by atoms with Gasteiger partial charge >= 0.3 is 5.97 Å². The van der Waals surface area contributed by atoms with Crippen molar-refractivity contribution in [1.29, 1.82) is 0 Å². The van der Waals surface area contributed by atoms with Crippen LogP contribution in [0.25, 0.3) is 23.4 Å². The Morgan fingerprint density at radius 1 is 0.795 bits per heavy atom. The van der Waals surface area contributed by atoms with Gasteiger partial charge in [-0.25, -0.2) is 9.78 Å². The summed E-state index contributed by atoms with van der Waals surface area (Å²) in [5.41, 5.74) is 8.31. The van der Waals surface area contributed by atoms with Crippen LogP contribution in [0.15, 0.2) is 97.2 Å². The lowest BCUT2D eigenvalue weighted by Gasteiger charge is -2.07. The van der Waals surface area contributed by atoms with Gasteiger partial charge in [0.15, 0.2) is 0 Å². The van der Waals surface area contributed by atoms with Gasteiger partial charge in [-0.1, -0.05) is 103 Å². The van der Waals surface area contributed by atoms with E-state index in [1.165, 1.54) is 36.6 Å². The predicted octanol–water partition coefficient (Wildman–Crippen LogP) is 9.99. The Morgan fingerprint density at radius 3 is 2.02 bits per heavy atom. The first-order valence-corrected chi connectivity index (χ1v) is 15.7. The van der Waals surface area contributed by atoms with Crippen molar-refractivity contribution in [2.45, 2.75) is 45.6 Å². The molecule has 1 heterocycles. The number of benzene rings is 4. The molecule has 5 rings (SSSR count). The molecule has 0 fully saturated rings. The molecule has 0 bridgehead atoms. The zero-order chi connectivity index (χ0) is 30.9. The van der Waals surface area contributed by atoms with Crippen molar-refractivity contribution in [3.05, 3.63) is 146 Å². The molecule has 224 valence electrons. The van der Waals surface area contributed by atoms with E-state index in [0.29, 0.717) is 22.2 Å². The van der Waals surface area contributed by atoms with Crippen LogP contribution in [0.3, 0.4) is 0 Å². The van der Waals surface area contributed by atoms with Crippen LogP contribution in [0, 0.1) is 0 Å². The molecule has 6 heteroatoms. The van der Waals surface area contributed by atoms with Crippen LogP contribution < -0.4 is 0 Å². The molecule has 4 aromatic carbocycles. The second-order valence-corrected chi connectivity index (χ2v) is 11.8. The van der Waals surface area contributed by atoms with Gasteiger partial charge in [-0.3, -0.25) is 0 Å². The summed E-state index contributed by atoms with van der Waals surface area (Å²) >= 11 is 12.7. The predicted molar refractivity (Wildman–Crippen MR) is 182 cm³/mol. The number of carbonyl (C=O) groups excluding carboxylic acids is 1. The third-order valence-electron chi connectivity index (χ3n) is 7.69.